The Kier molecular flexibility index (Phi) is 6.04. The predicted octanol–water partition coefficient (Wildman–Crippen LogP) is -2.51. The van der Waals surface area contributed by atoms with E-state index >= 15 is 0 Å². The van der Waals surface area contributed by atoms with Crippen molar-refractivity contribution in [1.82, 2.24) is 15.6 Å². The molecule has 0 aliphatic carbocycles. The van der Waals surface area contributed by atoms with Gasteiger partial charge < -0.3 is 30.6 Å². The number of nitrogens with zero attached hydrogens (tertiary/aromatic N) is 2. The second-order valence-electron chi connectivity index (χ2n) is 7.58. The lowest BCUT2D eigenvalue weighted by Crippen LogP contribution is -2.57. The van der Waals surface area contributed by atoms with Crippen LogP contribution in [0, 0.1) is 0 Å². The third-order valence-corrected chi connectivity index (χ3v) is 8.18. The summed E-state index contributed by atoms with van der Waals surface area (Å²) < 4.78 is 23.4. The molecule has 1 aromatic carbocycles. The van der Waals surface area contributed by atoms with Crippen LogP contribution < -0.4 is 10.7 Å². The van der Waals surface area contributed by atoms with Crippen molar-refractivity contribution < 1.29 is 48.0 Å². The summed E-state index contributed by atoms with van der Waals surface area (Å²) in [7, 11) is -4.18. The molecule has 4 atom stereocenters. The molecule has 2 aliphatic heterocycles. The van der Waals surface area contributed by atoms with E-state index in [2.05, 4.69) is 10.4 Å². The van der Waals surface area contributed by atoms with Crippen LogP contribution in [0.15, 0.2) is 23.3 Å². The normalized spacial score (nSPS) is 26.4. The Morgan fingerprint density at radius 3 is 2.52 bits per heavy atom. The number of hydrazone groups is 1. The van der Waals surface area contributed by atoms with E-state index < -0.39 is 73.8 Å². The maximum absolute atomic E-state index is 12.8. The molecule has 0 spiro atoms. The average Bonchev–Trinajstić information content (AvgIpc) is 2.88. The number of hydrogen-bond donors (Lipinski definition) is 6. The third kappa shape index (κ3) is 3.84. The van der Waals surface area contributed by atoms with Gasteiger partial charge in [-0.25, -0.2) is 18.6 Å². The summed E-state index contributed by atoms with van der Waals surface area (Å²) in [5.74, 6) is -5.20. The number of phenols is 2. The SMILES string of the molecule is C[C@]1(/C=N/NC(=O)C(CO)NC(=O)c2ccc(O)c(O)c2)[C@H](C(=O)O)N2C(=O)C[C@H]2S1(=O)=O. The second kappa shape index (κ2) is 8.32. The first-order valence-electron chi connectivity index (χ1n) is 9.40. The van der Waals surface area contributed by atoms with Crippen molar-refractivity contribution in [2.45, 2.75) is 35.5 Å². The van der Waals surface area contributed by atoms with Crippen molar-refractivity contribution in [2.75, 3.05) is 6.61 Å². The largest absolute Gasteiger partial charge is 0.504 e. The molecule has 2 fully saturated rings. The smallest absolute Gasteiger partial charge is 0.328 e. The monoisotopic (exact) mass is 484 g/mol. The van der Waals surface area contributed by atoms with E-state index in [0.29, 0.717) is 6.21 Å². The number of sulfone groups is 1. The Labute approximate surface area is 186 Å². The van der Waals surface area contributed by atoms with Gasteiger partial charge in [-0.15, -0.1) is 0 Å². The molecule has 15 heteroatoms. The first-order valence-corrected chi connectivity index (χ1v) is 10.9. The first kappa shape index (κ1) is 23.9. The van der Waals surface area contributed by atoms with Crippen molar-refractivity contribution in [3.63, 3.8) is 0 Å². The molecule has 2 heterocycles. The van der Waals surface area contributed by atoms with Gasteiger partial charge >= 0.3 is 5.97 Å². The molecule has 14 nitrogen and oxygen atoms in total. The number of aliphatic hydroxyl groups excluding tert-OH is 1. The Bertz CT molecular complexity index is 1170. The van der Waals surface area contributed by atoms with E-state index in [9.17, 15) is 48.0 Å². The van der Waals surface area contributed by atoms with Gasteiger partial charge in [0.15, 0.2) is 27.4 Å². The Morgan fingerprint density at radius 2 is 1.97 bits per heavy atom. The Hall–Kier alpha value is -3.72. The van der Waals surface area contributed by atoms with Gasteiger partial charge in [0.2, 0.25) is 5.91 Å². The van der Waals surface area contributed by atoms with Gasteiger partial charge in [-0.2, -0.15) is 5.10 Å². The molecule has 3 rings (SSSR count). The molecule has 2 saturated heterocycles. The van der Waals surface area contributed by atoms with Crippen LogP contribution in [-0.2, 0) is 24.2 Å². The average molecular weight is 484 g/mol. The molecule has 33 heavy (non-hydrogen) atoms. The zero-order chi connectivity index (χ0) is 24.7. The predicted molar refractivity (Wildman–Crippen MR) is 109 cm³/mol. The van der Waals surface area contributed by atoms with E-state index in [4.69, 9.17) is 0 Å². The van der Waals surface area contributed by atoms with E-state index in [0.717, 1.165) is 30.0 Å². The van der Waals surface area contributed by atoms with Gasteiger partial charge in [-0.3, -0.25) is 14.4 Å². The van der Waals surface area contributed by atoms with Crippen LogP contribution in [0.1, 0.15) is 23.7 Å². The summed E-state index contributed by atoms with van der Waals surface area (Å²) in [6, 6.07) is -0.173. The Balaban J connectivity index is 1.73. The van der Waals surface area contributed by atoms with Crippen LogP contribution in [0.5, 0.6) is 11.5 Å². The summed E-state index contributed by atoms with van der Waals surface area (Å²) in [5, 5.41) is 42.0. The molecule has 0 saturated carbocycles. The van der Waals surface area contributed by atoms with Crippen LogP contribution in [0.25, 0.3) is 0 Å². The molecule has 178 valence electrons. The lowest BCUT2D eigenvalue weighted by atomic mass is 9.97. The van der Waals surface area contributed by atoms with E-state index in [1.54, 1.807) is 0 Å². The number of fused-ring (bicyclic) bond motifs is 1. The highest BCUT2D eigenvalue weighted by molar-refractivity contribution is 7.94. The molecule has 0 radical (unpaired) electrons. The highest BCUT2D eigenvalue weighted by Gasteiger charge is 2.69. The Morgan fingerprint density at radius 1 is 1.30 bits per heavy atom. The molecular formula is C18H20N4O10S. The molecule has 3 amide bonds. The molecule has 0 bridgehead atoms. The fourth-order valence-electron chi connectivity index (χ4n) is 3.61. The van der Waals surface area contributed by atoms with Crippen molar-refractivity contribution in [3.8, 4) is 11.5 Å². The van der Waals surface area contributed by atoms with Gasteiger partial charge in [0.05, 0.1) is 13.0 Å². The number of carboxylic acids is 1. The van der Waals surface area contributed by atoms with Gasteiger partial charge in [0.1, 0.15) is 16.2 Å². The molecule has 2 aliphatic rings. The quantitative estimate of drug-likeness (QED) is 0.103. The summed E-state index contributed by atoms with van der Waals surface area (Å²) >= 11 is 0. The van der Waals surface area contributed by atoms with Crippen LogP contribution in [0.2, 0.25) is 0 Å². The first-order chi connectivity index (χ1) is 15.3. The minimum absolute atomic E-state index is 0.136. The summed E-state index contributed by atoms with van der Waals surface area (Å²) in [6.07, 6.45) is 0.340. The minimum atomic E-state index is -4.18. The van der Waals surface area contributed by atoms with Crippen molar-refractivity contribution >= 4 is 39.7 Å². The zero-order valence-corrected chi connectivity index (χ0v) is 17.8. The van der Waals surface area contributed by atoms with E-state index in [1.807, 2.05) is 5.43 Å². The number of carboxylic acid groups (broad SMARTS) is 1. The number of aliphatic carboxylic acids is 1. The highest BCUT2D eigenvalue weighted by Crippen LogP contribution is 2.45. The van der Waals surface area contributed by atoms with Crippen LogP contribution in [-0.4, -0.2) is 92.5 Å². The number of β-lactam (4-membered cyclic amide) rings is 1. The van der Waals surface area contributed by atoms with Crippen LogP contribution in [0.4, 0.5) is 0 Å². The summed E-state index contributed by atoms with van der Waals surface area (Å²) in [5.41, 5.74) is 1.79. The van der Waals surface area contributed by atoms with Crippen molar-refractivity contribution in [3.05, 3.63) is 23.8 Å². The van der Waals surface area contributed by atoms with Crippen molar-refractivity contribution in [1.29, 1.82) is 0 Å². The van der Waals surface area contributed by atoms with Crippen molar-refractivity contribution in [2.24, 2.45) is 5.10 Å². The summed E-state index contributed by atoms with van der Waals surface area (Å²) in [6.45, 7) is 0.180. The molecule has 1 aromatic rings. The number of rotatable bonds is 7. The number of nitrogens with one attached hydrogen (secondary N) is 2. The van der Waals surface area contributed by atoms with Crippen LogP contribution >= 0.6 is 0 Å². The topological polar surface area (TPSA) is 223 Å². The molecular weight excluding hydrogens is 464 g/mol. The van der Waals surface area contributed by atoms with Gasteiger partial charge in [0.25, 0.3) is 11.8 Å². The maximum atomic E-state index is 12.8. The van der Waals surface area contributed by atoms with Crippen LogP contribution in [0.3, 0.4) is 0 Å². The number of benzene rings is 1. The van der Waals surface area contributed by atoms with Gasteiger partial charge in [0, 0.05) is 11.8 Å². The molecule has 1 unspecified atom stereocenters. The van der Waals surface area contributed by atoms with E-state index in [-0.39, 0.29) is 12.0 Å². The number of hydrogen-bond acceptors (Lipinski definition) is 10. The number of aliphatic hydroxyl groups is 1. The number of carbonyl (C=O) groups is 4. The number of phenolic OH excluding ortho intramolecular Hbond substituents is 2. The standard InChI is InChI=1S/C18H20N4O10S/c1-18(14(17(29)30)22-12(26)5-13(22)33(18,31)32)7-19-21-16(28)9(6-23)20-15(27)8-2-3-10(24)11(25)4-8/h2-4,7,9,13-14,23-25H,5-6H2,1H3,(H,20,27)(H,21,28)(H,29,30)/b19-7+/t9?,13-,14+,18+/m1/s1. The third-order valence-electron chi connectivity index (χ3n) is 5.51. The fraction of sp³-hybridized carbons (Fsp3) is 0.389. The summed E-state index contributed by atoms with van der Waals surface area (Å²) in [4.78, 5) is 48.7. The fourth-order valence-corrected chi connectivity index (χ4v) is 5.82. The molecule has 6 N–H and O–H groups in total. The number of carbonyl (C=O) groups excluding carboxylic acids is 3. The lowest BCUT2D eigenvalue weighted by Gasteiger charge is -2.35. The molecule has 0 aromatic heterocycles. The highest BCUT2D eigenvalue weighted by atomic mass is 32.2. The lowest BCUT2D eigenvalue weighted by molar-refractivity contribution is -0.156. The van der Waals surface area contributed by atoms with E-state index in [1.165, 1.54) is 0 Å². The number of aromatic hydroxyl groups is 2. The second-order valence-corrected chi connectivity index (χ2v) is 10.1. The zero-order valence-electron chi connectivity index (χ0n) is 17.0. The minimum Gasteiger partial charge on any atom is -0.504 e. The van der Waals surface area contributed by atoms with Gasteiger partial charge in [-0.1, -0.05) is 0 Å². The van der Waals surface area contributed by atoms with Gasteiger partial charge in [-0.05, 0) is 25.1 Å². The number of amides is 3. The maximum Gasteiger partial charge on any atom is 0.328 e.